The first-order valence-corrected chi connectivity index (χ1v) is 6.45. The number of nitrogens with zero attached hydrogens (tertiary/aromatic N) is 3. The minimum atomic E-state index is -1.21. The quantitative estimate of drug-likeness (QED) is 0.863. The second-order valence-corrected chi connectivity index (χ2v) is 5.04. The van der Waals surface area contributed by atoms with Gasteiger partial charge in [-0.05, 0) is 19.9 Å². The molecule has 0 atom stereocenters. The first kappa shape index (κ1) is 15.5. The van der Waals surface area contributed by atoms with Crippen LogP contribution >= 0.6 is 0 Å². The Morgan fingerprint density at radius 2 is 2.09 bits per heavy atom. The smallest absolute Gasteiger partial charge is 0.331 e. The lowest BCUT2D eigenvalue weighted by Crippen LogP contribution is -2.36. The summed E-state index contributed by atoms with van der Waals surface area (Å²) in [6.07, 6.45) is 2.95. The van der Waals surface area contributed by atoms with Crippen molar-refractivity contribution in [3.05, 3.63) is 36.3 Å². The summed E-state index contributed by atoms with van der Waals surface area (Å²) in [7, 11) is 1.49. The molecule has 0 aliphatic carbocycles. The Hall–Kier alpha value is -2.90. The van der Waals surface area contributed by atoms with E-state index in [1.807, 2.05) is 0 Å². The van der Waals surface area contributed by atoms with Gasteiger partial charge >= 0.3 is 5.97 Å². The van der Waals surface area contributed by atoms with Crippen LogP contribution in [-0.4, -0.2) is 38.9 Å². The minimum absolute atomic E-state index is 0.173. The third kappa shape index (κ3) is 3.05. The highest BCUT2D eigenvalue weighted by atomic mass is 16.5. The van der Waals surface area contributed by atoms with E-state index in [1.165, 1.54) is 50.2 Å². The Morgan fingerprint density at radius 1 is 1.36 bits per heavy atom. The normalized spacial score (nSPS) is 11.0. The van der Waals surface area contributed by atoms with Crippen LogP contribution in [0.3, 0.4) is 0 Å². The molecule has 0 unspecified atom stereocenters. The SMILES string of the molecule is COc1ccnc(C(=O)Nc2ccn(C(C)(C)C(=O)O)n2)c1. The largest absolute Gasteiger partial charge is 0.497 e. The van der Waals surface area contributed by atoms with Crippen LogP contribution in [0, 0.1) is 0 Å². The maximum Gasteiger partial charge on any atom is 0.331 e. The predicted molar refractivity (Wildman–Crippen MR) is 77.9 cm³/mol. The lowest BCUT2D eigenvalue weighted by Gasteiger charge is -2.19. The zero-order valence-electron chi connectivity index (χ0n) is 12.4. The van der Waals surface area contributed by atoms with Crippen LogP contribution in [-0.2, 0) is 10.3 Å². The van der Waals surface area contributed by atoms with E-state index in [2.05, 4.69) is 15.4 Å². The zero-order valence-corrected chi connectivity index (χ0v) is 12.4. The number of rotatable bonds is 5. The molecule has 2 heterocycles. The van der Waals surface area contributed by atoms with Crippen LogP contribution in [0.1, 0.15) is 24.3 Å². The van der Waals surface area contributed by atoms with Crippen LogP contribution < -0.4 is 10.1 Å². The second kappa shape index (κ2) is 5.84. The van der Waals surface area contributed by atoms with Gasteiger partial charge in [-0.2, -0.15) is 5.10 Å². The number of carbonyl (C=O) groups is 2. The molecule has 2 N–H and O–H groups in total. The number of carbonyl (C=O) groups excluding carboxylic acids is 1. The van der Waals surface area contributed by atoms with Crippen LogP contribution in [0.2, 0.25) is 0 Å². The molecule has 0 saturated heterocycles. The van der Waals surface area contributed by atoms with Crippen molar-refractivity contribution < 1.29 is 19.4 Å². The van der Waals surface area contributed by atoms with Crippen molar-refractivity contribution in [3.63, 3.8) is 0 Å². The summed E-state index contributed by atoms with van der Waals surface area (Å²) in [6.45, 7) is 3.02. The number of pyridine rings is 1. The summed E-state index contributed by atoms with van der Waals surface area (Å²) < 4.78 is 6.29. The van der Waals surface area contributed by atoms with Gasteiger partial charge in [-0.25, -0.2) is 4.79 Å². The molecule has 0 fully saturated rings. The molecule has 8 heteroatoms. The molecule has 0 saturated carbocycles. The van der Waals surface area contributed by atoms with Crippen LogP contribution in [0.5, 0.6) is 5.75 Å². The monoisotopic (exact) mass is 304 g/mol. The number of methoxy groups -OCH3 is 1. The number of carboxylic acids is 1. The first-order valence-electron chi connectivity index (χ1n) is 6.45. The summed E-state index contributed by atoms with van der Waals surface area (Å²) in [6, 6.07) is 4.64. The highest BCUT2D eigenvalue weighted by Crippen LogP contribution is 2.17. The average Bonchev–Trinajstić information content (AvgIpc) is 2.96. The van der Waals surface area contributed by atoms with E-state index < -0.39 is 17.4 Å². The lowest BCUT2D eigenvalue weighted by molar-refractivity contribution is -0.146. The average molecular weight is 304 g/mol. The molecule has 2 aromatic heterocycles. The molecular weight excluding hydrogens is 288 g/mol. The highest BCUT2D eigenvalue weighted by Gasteiger charge is 2.30. The maximum atomic E-state index is 12.1. The van der Waals surface area contributed by atoms with Gasteiger partial charge in [0, 0.05) is 24.5 Å². The molecule has 0 radical (unpaired) electrons. The molecule has 116 valence electrons. The molecule has 0 spiro atoms. The lowest BCUT2D eigenvalue weighted by atomic mass is 10.1. The van der Waals surface area contributed by atoms with Gasteiger partial charge in [0.15, 0.2) is 11.4 Å². The molecular formula is C14H16N4O4. The van der Waals surface area contributed by atoms with Crippen molar-refractivity contribution in [2.24, 2.45) is 0 Å². The van der Waals surface area contributed by atoms with Gasteiger partial charge in [-0.1, -0.05) is 0 Å². The molecule has 2 aromatic rings. The Labute approximate surface area is 126 Å². The Kier molecular flexibility index (Phi) is 4.11. The maximum absolute atomic E-state index is 12.1. The summed E-state index contributed by atoms with van der Waals surface area (Å²) >= 11 is 0. The number of aliphatic carboxylic acids is 1. The summed E-state index contributed by atoms with van der Waals surface area (Å²) in [5.74, 6) is -0.734. The molecule has 0 aromatic carbocycles. The van der Waals surface area contributed by atoms with Crippen molar-refractivity contribution in [2.45, 2.75) is 19.4 Å². The summed E-state index contributed by atoms with van der Waals surface area (Å²) in [5.41, 5.74) is -1.04. The van der Waals surface area contributed by atoms with E-state index in [0.717, 1.165) is 0 Å². The van der Waals surface area contributed by atoms with E-state index in [0.29, 0.717) is 5.75 Å². The van der Waals surface area contributed by atoms with E-state index in [-0.39, 0.29) is 11.5 Å². The third-order valence-electron chi connectivity index (χ3n) is 3.13. The molecule has 0 aliphatic rings. The van der Waals surface area contributed by atoms with Crippen LogP contribution in [0.15, 0.2) is 30.6 Å². The Morgan fingerprint density at radius 3 is 2.73 bits per heavy atom. The molecule has 0 bridgehead atoms. The topological polar surface area (TPSA) is 106 Å². The van der Waals surface area contributed by atoms with Crippen molar-refractivity contribution in [2.75, 3.05) is 12.4 Å². The summed E-state index contributed by atoms with van der Waals surface area (Å²) in [4.78, 5) is 27.2. The van der Waals surface area contributed by atoms with E-state index in [9.17, 15) is 9.59 Å². The number of ether oxygens (including phenoxy) is 1. The Bertz CT molecular complexity index is 708. The minimum Gasteiger partial charge on any atom is -0.497 e. The fourth-order valence-electron chi connectivity index (χ4n) is 1.64. The number of aromatic nitrogens is 3. The first-order chi connectivity index (χ1) is 10.3. The molecule has 22 heavy (non-hydrogen) atoms. The number of hydrogen-bond donors (Lipinski definition) is 2. The number of nitrogens with one attached hydrogen (secondary N) is 1. The molecule has 0 aliphatic heterocycles. The van der Waals surface area contributed by atoms with Crippen molar-refractivity contribution >= 4 is 17.7 Å². The second-order valence-electron chi connectivity index (χ2n) is 5.04. The standard InChI is InChI=1S/C14H16N4O4/c1-14(2,13(20)21)18-7-5-11(17-18)16-12(19)10-8-9(22-3)4-6-15-10/h4-8H,1-3H3,(H,20,21)(H,16,17,19). The number of anilines is 1. The van der Waals surface area contributed by atoms with Gasteiger partial charge in [-0.15, -0.1) is 0 Å². The zero-order chi connectivity index (χ0) is 16.3. The molecule has 2 rings (SSSR count). The van der Waals surface area contributed by atoms with Gasteiger partial charge in [0.25, 0.3) is 5.91 Å². The fourth-order valence-corrected chi connectivity index (χ4v) is 1.64. The number of hydrogen-bond acceptors (Lipinski definition) is 5. The van der Waals surface area contributed by atoms with Crippen molar-refractivity contribution in [1.29, 1.82) is 0 Å². The van der Waals surface area contributed by atoms with Crippen LogP contribution in [0.4, 0.5) is 5.82 Å². The van der Waals surface area contributed by atoms with E-state index in [4.69, 9.17) is 9.84 Å². The third-order valence-corrected chi connectivity index (χ3v) is 3.13. The molecule has 1 amide bonds. The van der Waals surface area contributed by atoms with Gasteiger partial charge in [0.05, 0.1) is 7.11 Å². The van der Waals surface area contributed by atoms with Crippen molar-refractivity contribution in [3.8, 4) is 5.75 Å². The number of amides is 1. The van der Waals surface area contributed by atoms with E-state index in [1.54, 1.807) is 6.07 Å². The van der Waals surface area contributed by atoms with Gasteiger partial charge in [0.1, 0.15) is 11.4 Å². The molecule has 8 nitrogen and oxygen atoms in total. The predicted octanol–water partition coefficient (Wildman–Crippen LogP) is 1.36. The summed E-state index contributed by atoms with van der Waals surface area (Å²) in [5, 5.41) is 15.8. The fraction of sp³-hybridized carbons (Fsp3) is 0.286. The van der Waals surface area contributed by atoms with E-state index >= 15 is 0 Å². The van der Waals surface area contributed by atoms with Crippen LogP contribution in [0.25, 0.3) is 0 Å². The highest BCUT2D eigenvalue weighted by molar-refractivity contribution is 6.02. The van der Waals surface area contributed by atoms with Crippen molar-refractivity contribution in [1.82, 2.24) is 14.8 Å². The van der Waals surface area contributed by atoms with Gasteiger partial charge in [0.2, 0.25) is 0 Å². The van der Waals surface area contributed by atoms with Gasteiger partial charge in [-0.3, -0.25) is 14.5 Å². The number of carboxylic acid groups (broad SMARTS) is 1. The Balaban J connectivity index is 2.16. The van der Waals surface area contributed by atoms with Gasteiger partial charge < -0.3 is 15.2 Å².